The van der Waals surface area contributed by atoms with E-state index in [-0.39, 0.29) is 16.9 Å². The molecule has 0 aromatic heterocycles. The summed E-state index contributed by atoms with van der Waals surface area (Å²) in [5.74, 6) is -0.330. The maximum Gasteiger partial charge on any atom is 0.142 e. The van der Waals surface area contributed by atoms with Gasteiger partial charge in [-0.3, -0.25) is 0 Å². The smallest absolute Gasteiger partial charge is 0.142 e. The van der Waals surface area contributed by atoms with Gasteiger partial charge in [0.05, 0.1) is 5.02 Å². The molecule has 0 bridgehead atoms. The van der Waals surface area contributed by atoms with Crippen molar-refractivity contribution >= 4 is 11.6 Å². The summed E-state index contributed by atoms with van der Waals surface area (Å²) in [5, 5.41) is 3.70. The van der Waals surface area contributed by atoms with Crippen LogP contribution < -0.4 is 5.32 Å². The number of nitrogens with one attached hydrogen (secondary N) is 1. The van der Waals surface area contributed by atoms with Gasteiger partial charge in [-0.1, -0.05) is 50.4 Å². The lowest BCUT2D eigenvalue weighted by atomic mass is 10.0. The van der Waals surface area contributed by atoms with Crippen LogP contribution in [0.3, 0.4) is 0 Å². The second-order valence-corrected chi connectivity index (χ2v) is 4.67. The minimum atomic E-state index is -0.330. The van der Waals surface area contributed by atoms with E-state index < -0.39 is 0 Å². The Balaban J connectivity index is 2.83. The Labute approximate surface area is 108 Å². The van der Waals surface area contributed by atoms with Crippen LogP contribution in [0.4, 0.5) is 4.39 Å². The van der Waals surface area contributed by atoms with Gasteiger partial charge in [-0.15, -0.1) is 0 Å². The molecular formula is C14H21ClFN. The minimum Gasteiger partial charge on any atom is -0.310 e. The van der Waals surface area contributed by atoms with E-state index in [0.29, 0.717) is 0 Å². The molecule has 0 aliphatic carbocycles. The Morgan fingerprint density at radius 1 is 1.29 bits per heavy atom. The molecule has 0 amide bonds. The molecule has 1 N–H and O–H groups in total. The maximum atomic E-state index is 13.4. The van der Waals surface area contributed by atoms with Crippen molar-refractivity contribution in [1.82, 2.24) is 5.32 Å². The Hall–Kier alpha value is -0.600. The Morgan fingerprint density at radius 3 is 2.71 bits per heavy atom. The fraction of sp³-hybridized carbons (Fsp3) is 0.571. The predicted molar refractivity (Wildman–Crippen MR) is 72.0 cm³/mol. The SMILES string of the molecule is CCCCC(NCCC)c1cccc(F)c1Cl. The van der Waals surface area contributed by atoms with E-state index in [1.165, 1.54) is 6.07 Å². The lowest BCUT2D eigenvalue weighted by Gasteiger charge is -2.20. The van der Waals surface area contributed by atoms with E-state index in [1.54, 1.807) is 6.07 Å². The molecule has 1 nitrogen and oxygen atoms in total. The van der Waals surface area contributed by atoms with Crippen molar-refractivity contribution in [2.24, 2.45) is 0 Å². The highest BCUT2D eigenvalue weighted by atomic mass is 35.5. The van der Waals surface area contributed by atoms with Crippen molar-refractivity contribution in [3.05, 3.63) is 34.6 Å². The van der Waals surface area contributed by atoms with Crippen molar-refractivity contribution in [1.29, 1.82) is 0 Å². The first-order chi connectivity index (χ1) is 8.20. The fourth-order valence-corrected chi connectivity index (χ4v) is 2.14. The Kier molecular flexibility index (Phi) is 6.53. The van der Waals surface area contributed by atoms with E-state index in [2.05, 4.69) is 19.2 Å². The second kappa shape index (κ2) is 7.67. The van der Waals surface area contributed by atoms with E-state index >= 15 is 0 Å². The Bertz CT molecular complexity index is 333. The van der Waals surface area contributed by atoms with Crippen LogP contribution in [0.1, 0.15) is 51.1 Å². The average molecular weight is 258 g/mol. The molecule has 1 aromatic rings. The number of halogens is 2. The highest BCUT2D eigenvalue weighted by molar-refractivity contribution is 6.31. The van der Waals surface area contributed by atoms with Gasteiger partial charge in [-0.2, -0.15) is 0 Å². The number of unbranched alkanes of at least 4 members (excludes halogenated alkanes) is 1. The third kappa shape index (κ3) is 4.29. The summed E-state index contributed by atoms with van der Waals surface area (Å²) in [4.78, 5) is 0. The first-order valence-electron chi connectivity index (χ1n) is 6.38. The molecule has 0 radical (unpaired) electrons. The Morgan fingerprint density at radius 2 is 2.06 bits per heavy atom. The molecule has 1 atom stereocenters. The quantitative estimate of drug-likeness (QED) is 0.746. The number of rotatable bonds is 7. The highest BCUT2D eigenvalue weighted by Gasteiger charge is 2.15. The van der Waals surface area contributed by atoms with E-state index in [4.69, 9.17) is 11.6 Å². The second-order valence-electron chi connectivity index (χ2n) is 4.29. The zero-order valence-electron chi connectivity index (χ0n) is 10.6. The van der Waals surface area contributed by atoms with Crippen LogP contribution in [-0.4, -0.2) is 6.54 Å². The van der Waals surface area contributed by atoms with Crippen LogP contribution in [0.5, 0.6) is 0 Å². The first-order valence-corrected chi connectivity index (χ1v) is 6.75. The normalized spacial score (nSPS) is 12.7. The van der Waals surface area contributed by atoms with Crippen molar-refractivity contribution in [2.45, 2.75) is 45.6 Å². The molecule has 0 saturated carbocycles. The van der Waals surface area contributed by atoms with Crippen molar-refractivity contribution in [2.75, 3.05) is 6.54 Å². The van der Waals surface area contributed by atoms with Crippen LogP contribution in [0.2, 0.25) is 5.02 Å². The summed E-state index contributed by atoms with van der Waals surface area (Å²) in [5.41, 5.74) is 0.883. The lowest BCUT2D eigenvalue weighted by Crippen LogP contribution is -2.22. The van der Waals surface area contributed by atoms with Crippen LogP contribution in [-0.2, 0) is 0 Å². The summed E-state index contributed by atoms with van der Waals surface area (Å²) in [7, 11) is 0. The molecule has 0 saturated heterocycles. The summed E-state index contributed by atoms with van der Waals surface area (Å²) >= 11 is 6.03. The maximum absolute atomic E-state index is 13.4. The molecule has 0 aliphatic rings. The van der Waals surface area contributed by atoms with Gasteiger partial charge in [0.25, 0.3) is 0 Å². The summed E-state index contributed by atoms with van der Waals surface area (Å²) in [6, 6.07) is 5.21. The zero-order valence-corrected chi connectivity index (χ0v) is 11.4. The standard InChI is InChI=1S/C14H21ClFN/c1-3-5-9-13(17-10-4-2)11-7-6-8-12(16)14(11)15/h6-8,13,17H,3-5,9-10H2,1-2H3. The molecule has 1 unspecified atom stereocenters. The van der Waals surface area contributed by atoms with Gasteiger partial charge in [-0.25, -0.2) is 4.39 Å². The van der Waals surface area contributed by atoms with Crippen LogP contribution >= 0.6 is 11.6 Å². The van der Waals surface area contributed by atoms with Crippen molar-refractivity contribution in [3.63, 3.8) is 0 Å². The van der Waals surface area contributed by atoms with Gasteiger partial charge in [0.2, 0.25) is 0 Å². The number of hydrogen-bond donors (Lipinski definition) is 1. The summed E-state index contributed by atoms with van der Waals surface area (Å²) < 4.78 is 13.4. The predicted octanol–water partition coefficient (Wildman–Crippen LogP) is 4.71. The molecule has 0 spiro atoms. The topological polar surface area (TPSA) is 12.0 Å². The van der Waals surface area contributed by atoms with Crippen LogP contribution in [0, 0.1) is 5.82 Å². The van der Waals surface area contributed by atoms with Crippen molar-refractivity contribution in [3.8, 4) is 0 Å². The third-order valence-corrected chi connectivity index (χ3v) is 3.24. The molecule has 1 rings (SSSR count). The minimum absolute atomic E-state index is 0.165. The van der Waals surface area contributed by atoms with E-state index in [9.17, 15) is 4.39 Å². The number of hydrogen-bond acceptors (Lipinski definition) is 1. The van der Waals surface area contributed by atoms with Crippen LogP contribution in [0.15, 0.2) is 18.2 Å². The largest absolute Gasteiger partial charge is 0.310 e. The fourth-order valence-electron chi connectivity index (χ4n) is 1.88. The molecule has 0 fully saturated rings. The van der Waals surface area contributed by atoms with Gasteiger partial charge < -0.3 is 5.32 Å². The van der Waals surface area contributed by atoms with Gasteiger partial charge in [0, 0.05) is 6.04 Å². The molecular weight excluding hydrogens is 237 g/mol. The van der Waals surface area contributed by atoms with E-state index in [0.717, 1.165) is 37.8 Å². The molecule has 96 valence electrons. The lowest BCUT2D eigenvalue weighted by molar-refractivity contribution is 0.479. The third-order valence-electron chi connectivity index (χ3n) is 2.84. The van der Waals surface area contributed by atoms with Gasteiger partial charge in [-0.05, 0) is 31.0 Å². The van der Waals surface area contributed by atoms with Crippen LogP contribution in [0.25, 0.3) is 0 Å². The average Bonchev–Trinajstić information content (AvgIpc) is 2.34. The van der Waals surface area contributed by atoms with Gasteiger partial charge >= 0.3 is 0 Å². The number of benzene rings is 1. The monoisotopic (exact) mass is 257 g/mol. The summed E-state index contributed by atoms with van der Waals surface area (Å²) in [6.45, 7) is 5.21. The van der Waals surface area contributed by atoms with Crippen molar-refractivity contribution < 1.29 is 4.39 Å². The summed E-state index contributed by atoms with van der Waals surface area (Å²) in [6.07, 6.45) is 4.32. The van der Waals surface area contributed by atoms with Gasteiger partial charge in [0.1, 0.15) is 5.82 Å². The molecule has 1 aromatic carbocycles. The molecule has 17 heavy (non-hydrogen) atoms. The van der Waals surface area contributed by atoms with E-state index in [1.807, 2.05) is 6.07 Å². The molecule has 3 heteroatoms. The first kappa shape index (κ1) is 14.5. The highest BCUT2D eigenvalue weighted by Crippen LogP contribution is 2.28. The molecule has 0 heterocycles. The molecule has 0 aliphatic heterocycles. The van der Waals surface area contributed by atoms with Gasteiger partial charge in [0.15, 0.2) is 0 Å². The zero-order chi connectivity index (χ0) is 12.7.